The molecule has 0 bridgehead atoms. The van der Waals surface area contributed by atoms with Crippen LogP contribution in [-0.2, 0) is 0 Å². The number of nitrogens with zero attached hydrogens (tertiary/aromatic N) is 5. The van der Waals surface area contributed by atoms with E-state index in [-0.39, 0.29) is 5.91 Å². The van der Waals surface area contributed by atoms with Crippen molar-refractivity contribution in [2.75, 3.05) is 51.8 Å². The highest BCUT2D eigenvalue weighted by atomic mass is 16.5. The summed E-state index contributed by atoms with van der Waals surface area (Å²) in [6.45, 7) is 11.9. The van der Waals surface area contributed by atoms with Gasteiger partial charge in [-0.25, -0.2) is 10.2 Å². The number of likely N-dealkylation sites (tertiary alicyclic amines) is 1. The number of methoxy groups -OCH3 is 1. The highest BCUT2D eigenvalue weighted by Gasteiger charge is 2.33. The molecule has 204 valence electrons. The SMILES string of the molecule is C#N.COc1cccc(-c2cc(C(C)C)nc(N3CCN(C(=O)c4ccccc4)CC3)c2C2CCCN2C)c1. The lowest BCUT2D eigenvalue weighted by Crippen LogP contribution is -2.49. The Balaban J connectivity index is 0.00000172. The summed E-state index contributed by atoms with van der Waals surface area (Å²) in [6, 6.07) is 20.6. The predicted molar refractivity (Wildman–Crippen MR) is 156 cm³/mol. The molecule has 2 aliphatic heterocycles. The molecule has 39 heavy (non-hydrogen) atoms. The molecule has 1 amide bonds. The van der Waals surface area contributed by atoms with E-state index in [4.69, 9.17) is 15.0 Å². The molecule has 1 unspecified atom stereocenters. The monoisotopic (exact) mass is 525 g/mol. The molecule has 5 rings (SSSR count). The van der Waals surface area contributed by atoms with Gasteiger partial charge in [0.15, 0.2) is 0 Å². The van der Waals surface area contributed by atoms with Crippen LogP contribution in [0, 0.1) is 11.8 Å². The minimum Gasteiger partial charge on any atom is -0.497 e. The number of nitriles is 1. The van der Waals surface area contributed by atoms with Gasteiger partial charge in [-0.3, -0.25) is 9.69 Å². The molecule has 7 nitrogen and oxygen atoms in total. The van der Waals surface area contributed by atoms with Crippen LogP contribution in [0.2, 0.25) is 0 Å². The van der Waals surface area contributed by atoms with Gasteiger partial charge in [-0.15, -0.1) is 0 Å². The van der Waals surface area contributed by atoms with Gasteiger partial charge in [0.2, 0.25) is 0 Å². The zero-order chi connectivity index (χ0) is 27.9. The Bertz CT molecular complexity index is 1280. The lowest BCUT2D eigenvalue weighted by atomic mass is 9.91. The molecule has 3 heterocycles. The van der Waals surface area contributed by atoms with Crippen molar-refractivity contribution in [3.63, 3.8) is 0 Å². The van der Waals surface area contributed by atoms with Crippen LogP contribution in [0.15, 0.2) is 60.7 Å². The van der Waals surface area contributed by atoms with E-state index in [0.29, 0.717) is 25.0 Å². The van der Waals surface area contributed by atoms with Crippen LogP contribution < -0.4 is 9.64 Å². The second-order valence-electron chi connectivity index (χ2n) is 10.5. The van der Waals surface area contributed by atoms with Crippen molar-refractivity contribution in [1.29, 1.82) is 5.26 Å². The van der Waals surface area contributed by atoms with Crippen LogP contribution in [0.3, 0.4) is 0 Å². The Hall–Kier alpha value is -3.89. The van der Waals surface area contributed by atoms with E-state index in [1.165, 1.54) is 17.5 Å². The summed E-state index contributed by atoms with van der Waals surface area (Å²) in [6.07, 6.45) is 2.30. The fourth-order valence-electron chi connectivity index (χ4n) is 5.62. The Kier molecular flexibility index (Phi) is 9.21. The molecule has 2 fully saturated rings. The number of ether oxygens (including phenoxy) is 1. The number of carbonyl (C=O) groups excluding carboxylic acids is 1. The number of hydrogen-bond donors (Lipinski definition) is 0. The van der Waals surface area contributed by atoms with Gasteiger partial charge in [-0.1, -0.05) is 44.2 Å². The molecule has 0 spiro atoms. The normalized spacial score (nSPS) is 17.6. The van der Waals surface area contributed by atoms with E-state index < -0.39 is 0 Å². The fraction of sp³-hybridized carbons (Fsp3) is 0.406. The van der Waals surface area contributed by atoms with E-state index >= 15 is 0 Å². The van der Waals surface area contributed by atoms with Crippen molar-refractivity contribution in [1.82, 2.24) is 14.8 Å². The number of anilines is 1. The third kappa shape index (κ3) is 6.07. The zero-order valence-corrected chi connectivity index (χ0v) is 23.5. The lowest BCUT2D eigenvalue weighted by Gasteiger charge is -2.38. The van der Waals surface area contributed by atoms with Crippen molar-refractivity contribution in [2.45, 2.75) is 38.6 Å². The zero-order valence-electron chi connectivity index (χ0n) is 23.5. The molecule has 7 heteroatoms. The first kappa shape index (κ1) is 28.1. The maximum Gasteiger partial charge on any atom is 0.253 e. The molecule has 3 aromatic rings. The molecule has 2 aromatic carbocycles. The third-order valence-corrected chi connectivity index (χ3v) is 7.77. The molecule has 0 radical (unpaired) electrons. The van der Waals surface area contributed by atoms with Gasteiger partial charge in [0.05, 0.1) is 7.11 Å². The van der Waals surface area contributed by atoms with Gasteiger partial charge in [-0.2, -0.15) is 0 Å². The highest BCUT2D eigenvalue weighted by molar-refractivity contribution is 5.94. The van der Waals surface area contributed by atoms with Gasteiger partial charge in [0.1, 0.15) is 11.6 Å². The third-order valence-electron chi connectivity index (χ3n) is 7.77. The number of hydrogen-bond acceptors (Lipinski definition) is 6. The van der Waals surface area contributed by atoms with Gasteiger partial charge >= 0.3 is 0 Å². The summed E-state index contributed by atoms with van der Waals surface area (Å²) in [5.41, 5.74) is 5.57. The van der Waals surface area contributed by atoms with Crippen molar-refractivity contribution in [2.24, 2.45) is 0 Å². The standard InChI is InChI=1S/C31H38N4O2.CHN/c1-22(2)27-21-26(24-12-8-13-25(20-24)37-4)29(28-14-9-15-33(28)3)30(32-27)34-16-18-35(19-17-34)31(36)23-10-6-5-7-11-23;1-2/h5-8,10-13,20-22,28H,9,14-19H2,1-4H3;1H. The second-order valence-corrected chi connectivity index (χ2v) is 10.5. The first-order valence-corrected chi connectivity index (χ1v) is 13.7. The maximum atomic E-state index is 13.1. The van der Waals surface area contributed by atoms with Crippen LogP contribution in [0.25, 0.3) is 11.1 Å². The largest absolute Gasteiger partial charge is 0.497 e. The highest BCUT2D eigenvalue weighted by Crippen LogP contribution is 2.43. The smallest absolute Gasteiger partial charge is 0.253 e. The van der Waals surface area contributed by atoms with Crippen LogP contribution in [0.1, 0.15) is 60.3 Å². The molecule has 0 aliphatic carbocycles. The summed E-state index contributed by atoms with van der Waals surface area (Å²) < 4.78 is 5.58. The Labute approximate surface area is 232 Å². The number of rotatable bonds is 6. The van der Waals surface area contributed by atoms with Gasteiger partial charge in [-0.05, 0) is 73.8 Å². The molecule has 0 saturated carbocycles. The molecule has 2 aliphatic rings. The summed E-state index contributed by atoms with van der Waals surface area (Å²) in [5.74, 6) is 2.35. The number of aromatic nitrogens is 1. The maximum absolute atomic E-state index is 13.1. The molecule has 1 aromatic heterocycles. The van der Waals surface area contributed by atoms with Crippen LogP contribution in [0.5, 0.6) is 5.75 Å². The van der Waals surface area contributed by atoms with Gasteiger partial charge < -0.3 is 14.5 Å². The van der Waals surface area contributed by atoms with Crippen molar-refractivity contribution in [3.8, 4) is 23.4 Å². The number of carbonyl (C=O) groups is 1. The van der Waals surface area contributed by atoms with Gasteiger partial charge in [0, 0.05) is 55.6 Å². The Morgan fingerprint density at radius 1 is 1.00 bits per heavy atom. The number of pyridine rings is 1. The van der Waals surface area contributed by atoms with Crippen molar-refractivity contribution >= 4 is 11.7 Å². The molecule has 2 saturated heterocycles. The van der Waals surface area contributed by atoms with E-state index in [1.807, 2.05) is 41.3 Å². The summed E-state index contributed by atoms with van der Waals surface area (Å²) in [7, 11) is 3.95. The molecule has 1 atom stereocenters. The second kappa shape index (κ2) is 12.8. The van der Waals surface area contributed by atoms with E-state index in [1.54, 1.807) is 7.11 Å². The molecular formula is C32H39N5O2. The molecular weight excluding hydrogens is 486 g/mol. The number of amides is 1. The predicted octanol–water partition coefficient (Wildman–Crippen LogP) is 5.75. The van der Waals surface area contributed by atoms with Gasteiger partial charge in [0.25, 0.3) is 5.91 Å². The fourth-order valence-corrected chi connectivity index (χ4v) is 5.62. The summed E-state index contributed by atoms with van der Waals surface area (Å²) >= 11 is 0. The topological polar surface area (TPSA) is 72.7 Å². The summed E-state index contributed by atoms with van der Waals surface area (Å²) in [4.78, 5) is 25.2. The first-order chi connectivity index (χ1) is 19.0. The van der Waals surface area contributed by atoms with Crippen LogP contribution in [-0.4, -0.2) is 67.6 Å². The minimum absolute atomic E-state index is 0.108. The van der Waals surface area contributed by atoms with Crippen LogP contribution in [0.4, 0.5) is 5.82 Å². The van der Waals surface area contributed by atoms with E-state index in [9.17, 15) is 4.79 Å². The van der Waals surface area contributed by atoms with E-state index in [2.05, 4.69) is 61.5 Å². The average Bonchev–Trinajstić information content (AvgIpc) is 3.42. The first-order valence-electron chi connectivity index (χ1n) is 13.7. The number of benzene rings is 2. The van der Waals surface area contributed by atoms with Crippen LogP contribution >= 0.6 is 0 Å². The van der Waals surface area contributed by atoms with E-state index in [0.717, 1.165) is 54.4 Å². The average molecular weight is 526 g/mol. The van der Waals surface area contributed by atoms with Crippen molar-refractivity contribution < 1.29 is 9.53 Å². The Morgan fingerprint density at radius 2 is 1.72 bits per heavy atom. The quantitative estimate of drug-likeness (QED) is 0.408. The summed E-state index contributed by atoms with van der Waals surface area (Å²) in [5, 5.41) is 6.50. The minimum atomic E-state index is 0.108. The number of piperazine rings is 1. The molecule has 0 N–H and O–H groups in total. The lowest BCUT2D eigenvalue weighted by molar-refractivity contribution is 0.0746. The van der Waals surface area contributed by atoms with Crippen molar-refractivity contribution in [3.05, 3.63) is 77.5 Å². The Morgan fingerprint density at radius 3 is 2.33 bits per heavy atom.